The SMILES string of the molecule is O=C(NCCO)c1cccc(C(F)(F)F)c1. The predicted octanol–water partition coefficient (Wildman–Crippen LogP) is 1.43. The third-order valence-corrected chi connectivity index (χ3v) is 1.85. The predicted molar refractivity (Wildman–Crippen MR) is 50.9 cm³/mol. The molecule has 0 aliphatic rings. The molecule has 0 spiro atoms. The Labute approximate surface area is 89.9 Å². The number of hydrogen-bond acceptors (Lipinski definition) is 2. The first-order valence-electron chi connectivity index (χ1n) is 4.51. The van der Waals surface area contributed by atoms with E-state index in [1.165, 1.54) is 6.07 Å². The molecule has 0 heterocycles. The van der Waals surface area contributed by atoms with Crippen molar-refractivity contribution in [2.24, 2.45) is 0 Å². The van der Waals surface area contributed by atoms with E-state index in [0.29, 0.717) is 0 Å². The van der Waals surface area contributed by atoms with Crippen LogP contribution in [0.4, 0.5) is 13.2 Å². The van der Waals surface area contributed by atoms with Gasteiger partial charge in [-0.3, -0.25) is 4.79 Å². The molecule has 0 saturated carbocycles. The fourth-order valence-corrected chi connectivity index (χ4v) is 1.11. The molecule has 0 aliphatic heterocycles. The Morgan fingerprint density at radius 1 is 1.38 bits per heavy atom. The van der Waals surface area contributed by atoms with E-state index >= 15 is 0 Å². The van der Waals surface area contributed by atoms with Crippen molar-refractivity contribution in [1.82, 2.24) is 5.32 Å². The minimum absolute atomic E-state index is 0.00901. The number of nitrogens with one attached hydrogen (secondary N) is 1. The number of rotatable bonds is 3. The Hall–Kier alpha value is -1.56. The lowest BCUT2D eigenvalue weighted by atomic mass is 10.1. The summed E-state index contributed by atoms with van der Waals surface area (Å²) in [7, 11) is 0. The first-order chi connectivity index (χ1) is 7.45. The van der Waals surface area contributed by atoms with Gasteiger partial charge in [-0.2, -0.15) is 13.2 Å². The molecule has 1 aromatic rings. The second kappa shape index (κ2) is 4.98. The van der Waals surface area contributed by atoms with Crippen LogP contribution in [0.3, 0.4) is 0 Å². The van der Waals surface area contributed by atoms with Crippen LogP contribution < -0.4 is 5.32 Å². The maximum absolute atomic E-state index is 12.3. The molecule has 2 N–H and O–H groups in total. The molecule has 3 nitrogen and oxygen atoms in total. The van der Waals surface area contributed by atoms with E-state index in [0.717, 1.165) is 18.2 Å². The van der Waals surface area contributed by atoms with Crippen LogP contribution in [0.25, 0.3) is 0 Å². The number of benzene rings is 1. The minimum Gasteiger partial charge on any atom is -0.395 e. The summed E-state index contributed by atoms with van der Waals surface area (Å²) in [6, 6.07) is 4.11. The maximum Gasteiger partial charge on any atom is 0.416 e. The average molecular weight is 233 g/mol. The van der Waals surface area contributed by atoms with E-state index in [1.807, 2.05) is 0 Å². The highest BCUT2D eigenvalue weighted by Crippen LogP contribution is 2.29. The van der Waals surface area contributed by atoms with Crippen LogP contribution in [-0.2, 0) is 6.18 Å². The van der Waals surface area contributed by atoms with E-state index in [4.69, 9.17) is 5.11 Å². The highest BCUT2D eigenvalue weighted by molar-refractivity contribution is 5.94. The second-order valence-electron chi connectivity index (χ2n) is 3.06. The normalized spacial score (nSPS) is 11.2. The number of carbonyl (C=O) groups is 1. The standard InChI is InChI=1S/C10H10F3NO2/c11-10(12,13)8-3-1-2-7(6-8)9(16)14-4-5-15/h1-3,6,15H,4-5H2,(H,14,16). The number of carbonyl (C=O) groups excluding carboxylic acids is 1. The van der Waals surface area contributed by atoms with Gasteiger partial charge in [0.2, 0.25) is 0 Å². The van der Waals surface area contributed by atoms with Crippen molar-refractivity contribution in [1.29, 1.82) is 0 Å². The molecule has 0 bridgehead atoms. The van der Waals surface area contributed by atoms with Crippen LogP contribution in [0.1, 0.15) is 15.9 Å². The Bertz CT molecular complexity index is 377. The lowest BCUT2D eigenvalue weighted by Crippen LogP contribution is -2.26. The van der Waals surface area contributed by atoms with E-state index in [1.54, 1.807) is 0 Å². The summed E-state index contributed by atoms with van der Waals surface area (Å²) in [6.45, 7) is -0.250. The van der Waals surface area contributed by atoms with Gasteiger partial charge in [0.15, 0.2) is 0 Å². The van der Waals surface area contributed by atoms with Crippen LogP contribution in [0.2, 0.25) is 0 Å². The molecule has 6 heteroatoms. The summed E-state index contributed by atoms with van der Waals surface area (Å²) < 4.78 is 36.9. The molecule has 88 valence electrons. The van der Waals surface area contributed by atoms with E-state index in [9.17, 15) is 18.0 Å². The molecule has 0 fully saturated rings. The Morgan fingerprint density at radius 3 is 2.62 bits per heavy atom. The van der Waals surface area contributed by atoms with Crippen molar-refractivity contribution >= 4 is 5.91 Å². The first-order valence-corrected chi connectivity index (χ1v) is 4.51. The second-order valence-corrected chi connectivity index (χ2v) is 3.06. The average Bonchev–Trinajstić information content (AvgIpc) is 2.25. The molecular weight excluding hydrogens is 223 g/mol. The Balaban J connectivity index is 2.86. The highest BCUT2D eigenvalue weighted by Gasteiger charge is 2.30. The summed E-state index contributed by atoms with van der Waals surface area (Å²) >= 11 is 0. The minimum atomic E-state index is -4.47. The number of amides is 1. The third kappa shape index (κ3) is 3.23. The number of alkyl halides is 3. The zero-order chi connectivity index (χ0) is 12.2. The molecule has 1 aromatic carbocycles. The van der Waals surface area contributed by atoms with Gasteiger partial charge in [-0.15, -0.1) is 0 Å². The van der Waals surface area contributed by atoms with Crippen molar-refractivity contribution in [2.75, 3.05) is 13.2 Å². The first kappa shape index (κ1) is 12.5. The highest BCUT2D eigenvalue weighted by atomic mass is 19.4. The molecule has 1 amide bonds. The summed E-state index contributed by atoms with van der Waals surface area (Å²) in [6.07, 6.45) is -4.47. The fraction of sp³-hybridized carbons (Fsp3) is 0.300. The van der Waals surface area contributed by atoms with Gasteiger partial charge < -0.3 is 10.4 Å². The molecular formula is C10H10F3NO2. The molecule has 16 heavy (non-hydrogen) atoms. The van der Waals surface area contributed by atoms with E-state index in [2.05, 4.69) is 5.32 Å². The maximum atomic E-state index is 12.3. The van der Waals surface area contributed by atoms with Crippen LogP contribution in [0, 0.1) is 0 Å². The van der Waals surface area contributed by atoms with E-state index in [-0.39, 0.29) is 18.7 Å². The van der Waals surface area contributed by atoms with Gasteiger partial charge in [-0.25, -0.2) is 0 Å². The summed E-state index contributed by atoms with van der Waals surface area (Å²) in [5.74, 6) is -0.639. The molecule has 0 saturated heterocycles. The topological polar surface area (TPSA) is 49.3 Å². The van der Waals surface area contributed by atoms with Crippen LogP contribution in [0.15, 0.2) is 24.3 Å². The van der Waals surface area contributed by atoms with Gasteiger partial charge >= 0.3 is 6.18 Å². The number of aliphatic hydroxyl groups excluding tert-OH is 1. The summed E-state index contributed by atoms with van der Waals surface area (Å²) in [4.78, 5) is 11.3. The van der Waals surface area contributed by atoms with Crippen molar-refractivity contribution in [3.63, 3.8) is 0 Å². The monoisotopic (exact) mass is 233 g/mol. The van der Waals surface area contributed by atoms with Crippen molar-refractivity contribution in [3.8, 4) is 0 Å². The molecule has 0 unspecified atom stereocenters. The van der Waals surface area contributed by atoms with E-state index < -0.39 is 17.6 Å². The third-order valence-electron chi connectivity index (χ3n) is 1.85. The van der Waals surface area contributed by atoms with Gasteiger partial charge in [0, 0.05) is 12.1 Å². The van der Waals surface area contributed by atoms with Gasteiger partial charge in [0.05, 0.1) is 12.2 Å². The molecule has 0 atom stereocenters. The molecule has 1 rings (SSSR count). The van der Waals surface area contributed by atoms with Gasteiger partial charge in [0.25, 0.3) is 5.91 Å². The number of aliphatic hydroxyl groups is 1. The van der Waals surface area contributed by atoms with Gasteiger partial charge in [-0.1, -0.05) is 6.07 Å². The van der Waals surface area contributed by atoms with Gasteiger partial charge in [0.1, 0.15) is 0 Å². The van der Waals surface area contributed by atoms with Crippen molar-refractivity contribution in [3.05, 3.63) is 35.4 Å². The van der Waals surface area contributed by atoms with Crippen LogP contribution in [0.5, 0.6) is 0 Å². The lowest BCUT2D eigenvalue weighted by molar-refractivity contribution is -0.137. The molecule has 0 aliphatic carbocycles. The zero-order valence-corrected chi connectivity index (χ0v) is 8.21. The molecule has 0 radical (unpaired) electrons. The molecule has 0 aromatic heterocycles. The number of halogens is 3. The number of hydrogen-bond donors (Lipinski definition) is 2. The Morgan fingerprint density at radius 2 is 2.06 bits per heavy atom. The summed E-state index contributed by atoms with van der Waals surface area (Å²) in [5, 5.41) is 10.7. The fourth-order valence-electron chi connectivity index (χ4n) is 1.11. The Kier molecular flexibility index (Phi) is 3.89. The van der Waals surface area contributed by atoms with Crippen molar-refractivity contribution in [2.45, 2.75) is 6.18 Å². The smallest absolute Gasteiger partial charge is 0.395 e. The summed E-state index contributed by atoms with van der Waals surface area (Å²) in [5.41, 5.74) is -0.951. The van der Waals surface area contributed by atoms with Gasteiger partial charge in [-0.05, 0) is 18.2 Å². The lowest BCUT2D eigenvalue weighted by Gasteiger charge is -2.08. The van der Waals surface area contributed by atoms with Crippen LogP contribution >= 0.6 is 0 Å². The van der Waals surface area contributed by atoms with Crippen LogP contribution in [-0.4, -0.2) is 24.2 Å². The van der Waals surface area contributed by atoms with Crippen molar-refractivity contribution < 1.29 is 23.1 Å². The zero-order valence-electron chi connectivity index (χ0n) is 8.21. The largest absolute Gasteiger partial charge is 0.416 e. The quantitative estimate of drug-likeness (QED) is 0.829.